The summed E-state index contributed by atoms with van der Waals surface area (Å²) in [6.07, 6.45) is 0. The Balaban J connectivity index is 0.00000243. The fraction of sp³-hybridized carbons (Fsp3) is 0.176. The van der Waals surface area contributed by atoms with Gasteiger partial charge in [-0.2, -0.15) is 0 Å². The van der Waals surface area contributed by atoms with Crippen LogP contribution in [0.4, 0.5) is 11.6 Å². The first-order chi connectivity index (χ1) is 12.1. The zero-order chi connectivity index (χ0) is 17.8. The number of rotatable bonds is 7. The lowest BCUT2D eigenvalue weighted by Gasteiger charge is -2.09. The number of carbonyl (C=O) groups is 1. The third-order valence-electron chi connectivity index (χ3n) is 3.73. The summed E-state index contributed by atoms with van der Waals surface area (Å²) in [5.41, 5.74) is 1.62. The van der Waals surface area contributed by atoms with Crippen molar-refractivity contribution in [2.45, 2.75) is 6.54 Å². The molecule has 136 valence electrons. The molecule has 2 aromatic carbocycles. The minimum Gasteiger partial charge on any atom is -0.395 e. The van der Waals surface area contributed by atoms with Crippen LogP contribution in [0.15, 0.2) is 48.5 Å². The molecular formula is C17H17BrN4O4. The number of nitrogens with one attached hydrogen (secondary N) is 1. The van der Waals surface area contributed by atoms with Crippen LogP contribution in [0, 0.1) is 10.1 Å². The molecule has 0 aliphatic heterocycles. The maximum absolute atomic E-state index is 12.6. The number of aromatic nitrogens is 2. The molecule has 1 heterocycles. The number of nitro groups is 1. The second kappa shape index (κ2) is 8.54. The van der Waals surface area contributed by atoms with Gasteiger partial charge in [0.2, 0.25) is 5.95 Å². The molecule has 0 bridgehead atoms. The fourth-order valence-corrected chi connectivity index (χ4v) is 2.57. The number of aliphatic hydroxyl groups is 1. The summed E-state index contributed by atoms with van der Waals surface area (Å²) in [7, 11) is 0. The summed E-state index contributed by atoms with van der Waals surface area (Å²) >= 11 is 0. The van der Waals surface area contributed by atoms with E-state index in [4.69, 9.17) is 5.11 Å². The third kappa shape index (κ3) is 4.06. The van der Waals surface area contributed by atoms with Gasteiger partial charge in [0.25, 0.3) is 5.69 Å². The highest BCUT2D eigenvalue weighted by Crippen LogP contribution is 2.21. The normalized spacial score (nSPS) is 10.3. The molecular weight excluding hydrogens is 404 g/mol. The van der Waals surface area contributed by atoms with Gasteiger partial charge in [0, 0.05) is 24.2 Å². The van der Waals surface area contributed by atoms with Gasteiger partial charge in [-0.15, -0.1) is 17.0 Å². The molecule has 0 saturated heterocycles. The van der Waals surface area contributed by atoms with Crippen LogP contribution < -0.4 is 5.32 Å². The molecule has 3 aromatic rings. The largest absolute Gasteiger partial charge is 0.395 e. The summed E-state index contributed by atoms with van der Waals surface area (Å²) in [5, 5.41) is 22.9. The molecule has 0 radical (unpaired) electrons. The van der Waals surface area contributed by atoms with Gasteiger partial charge in [-0.3, -0.25) is 14.9 Å². The number of benzene rings is 2. The van der Waals surface area contributed by atoms with Gasteiger partial charge < -0.3 is 15.0 Å². The molecule has 0 saturated carbocycles. The number of carbonyl (C=O) groups excluding carboxylic acids is 1. The standard InChI is InChI=1S/C17H16N4O4.BrH/c22-9-8-18-17-19-14-6-1-2-7-15(14)20(17)11-16(23)12-4-3-5-13(10-12)21(24)25;/h1-7,10,22H,8-9,11H2,(H,18,19);1H. The predicted molar refractivity (Wildman–Crippen MR) is 103 cm³/mol. The number of anilines is 1. The third-order valence-corrected chi connectivity index (χ3v) is 3.73. The summed E-state index contributed by atoms with van der Waals surface area (Å²) in [5.74, 6) is 0.202. The average molecular weight is 421 g/mol. The fourth-order valence-electron chi connectivity index (χ4n) is 2.57. The topological polar surface area (TPSA) is 110 Å². The molecule has 0 unspecified atom stereocenters. The first-order valence-electron chi connectivity index (χ1n) is 7.68. The highest BCUT2D eigenvalue weighted by molar-refractivity contribution is 8.93. The molecule has 2 N–H and O–H groups in total. The van der Waals surface area contributed by atoms with Crippen LogP contribution in [0.5, 0.6) is 0 Å². The Kier molecular flexibility index (Phi) is 6.42. The molecule has 0 fully saturated rings. The Morgan fingerprint density at radius 3 is 2.73 bits per heavy atom. The number of halogens is 1. The number of fused-ring (bicyclic) bond motifs is 1. The van der Waals surface area contributed by atoms with E-state index in [1.807, 2.05) is 24.3 Å². The number of imidazole rings is 1. The van der Waals surface area contributed by atoms with Crippen LogP contribution in [-0.4, -0.2) is 38.5 Å². The molecule has 26 heavy (non-hydrogen) atoms. The van der Waals surface area contributed by atoms with Crippen molar-refractivity contribution in [3.05, 3.63) is 64.2 Å². The van der Waals surface area contributed by atoms with E-state index in [1.54, 1.807) is 10.6 Å². The Morgan fingerprint density at radius 1 is 1.23 bits per heavy atom. The maximum atomic E-state index is 12.6. The molecule has 0 atom stereocenters. The van der Waals surface area contributed by atoms with Crippen LogP contribution >= 0.6 is 17.0 Å². The average Bonchev–Trinajstić information content (AvgIpc) is 2.97. The summed E-state index contributed by atoms with van der Waals surface area (Å²) < 4.78 is 1.70. The second-order valence-corrected chi connectivity index (χ2v) is 5.39. The number of hydrogen-bond acceptors (Lipinski definition) is 6. The Hall–Kier alpha value is -2.78. The van der Waals surface area contributed by atoms with Gasteiger partial charge in [0.15, 0.2) is 5.78 Å². The lowest BCUT2D eigenvalue weighted by atomic mass is 10.1. The molecule has 8 nitrogen and oxygen atoms in total. The molecule has 9 heteroatoms. The number of hydrogen-bond donors (Lipinski definition) is 2. The van der Waals surface area contributed by atoms with Crippen molar-refractivity contribution < 1.29 is 14.8 Å². The maximum Gasteiger partial charge on any atom is 0.270 e. The zero-order valence-corrected chi connectivity index (χ0v) is 15.4. The summed E-state index contributed by atoms with van der Waals surface area (Å²) in [6.45, 7) is 0.214. The Morgan fingerprint density at radius 2 is 2.00 bits per heavy atom. The number of aliphatic hydroxyl groups excluding tert-OH is 1. The van der Waals surface area contributed by atoms with Crippen LogP contribution in [0.25, 0.3) is 11.0 Å². The van der Waals surface area contributed by atoms with E-state index < -0.39 is 4.92 Å². The number of nitro benzene ring substituents is 1. The van der Waals surface area contributed by atoms with Crippen molar-refractivity contribution >= 4 is 45.4 Å². The van der Waals surface area contributed by atoms with Crippen molar-refractivity contribution in [3.8, 4) is 0 Å². The SMILES string of the molecule is Br.O=C(Cn1c(NCCO)nc2ccccc21)c1cccc([N+](=O)[O-])c1. The van der Waals surface area contributed by atoms with Crippen molar-refractivity contribution in [3.63, 3.8) is 0 Å². The molecule has 0 aliphatic carbocycles. The van der Waals surface area contributed by atoms with Crippen molar-refractivity contribution in [2.24, 2.45) is 0 Å². The first kappa shape index (κ1) is 19.5. The van der Waals surface area contributed by atoms with Gasteiger partial charge in [0.05, 0.1) is 29.1 Å². The Labute approximate surface area is 159 Å². The van der Waals surface area contributed by atoms with E-state index in [2.05, 4.69) is 10.3 Å². The Bertz CT molecular complexity index is 941. The lowest BCUT2D eigenvalue weighted by Crippen LogP contribution is -2.16. The molecule has 3 rings (SSSR count). The number of para-hydroxylation sites is 2. The highest BCUT2D eigenvalue weighted by atomic mass is 79.9. The van der Waals surface area contributed by atoms with Crippen molar-refractivity contribution in [1.29, 1.82) is 0 Å². The highest BCUT2D eigenvalue weighted by Gasteiger charge is 2.16. The van der Waals surface area contributed by atoms with Crippen molar-refractivity contribution in [2.75, 3.05) is 18.5 Å². The van der Waals surface area contributed by atoms with Gasteiger partial charge >= 0.3 is 0 Å². The van der Waals surface area contributed by atoms with Gasteiger partial charge in [0.1, 0.15) is 0 Å². The summed E-state index contributed by atoms with van der Waals surface area (Å²) in [6, 6.07) is 13.0. The van der Waals surface area contributed by atoms with E-state index in [9.17, 15) is 14.9 Å². The monoisotopic (exact) mass is 420 g/mol. The number of Topliss-reactive ketones (excluding diaryl/α,β-unsaturated/α-hetero) is 1. The van der Waals surface area contributed by atoms with Gasteiger partial charge in [-0.1, -0.05) is 24.3 Å². The van der Waals surface area contributed by atoms with Crippen LogP contribution in [0.3, 0.4) is 0 Å². The zero-order valence-electron chi connectivity index (χ0n) is 13.7. The predicted octanol–water partition coefficient (Wildman–Crippen LogP) is 2.81. The van der Waals surface area contributed by atoms with E-state index in [-0.39, 0.29) is 47.2 Å². The van der Waals surface area contributed by atoms with E-state index in [0.717, 1.165) is 11.0 Å². The quantitative estimate of drug-likeness (QED) is 0.345. The number of nitrogens with zero attached hydrogens (tertiary/aromatic N) is 3. The van der Waals surface area contributed by atoms with E-state index in [0.29, 0.717) is 12.5 Å². The van der Waals surface area contributed by atoms with Crippen LogP contribution in [-0.2, 0) is 6.54 Å². The van der Waals surface area contributed by atoms with E-state index >= 15 is 0 Å². The molecule has 0 spiro atoms. The molecule has 0 amide bonds. The van der Waals surface area contributed by atoms with Gasteiger partial charge in [-0.25, -0.2) is 4.98 Å². The van der Waals surface area contributed by atoms with Crippen LogP contribution in [0.2, 0.25) is 0 Å². The molecule has 1 aromatic heterocycles. The lowest BCUT2D eigenvalue weighted by molar-refractivity contribution is -0.384. The summed E-state index contributed by atoms with van der Waals surface area (Å²) in [4.78, 5) is 27.4. The second-order valence-electron chi connectivity index (χ2n) is 5.39. The minimum absolute atomic E-state index is 0. The first-order valence-corrected chi connectivity index (χ1v) is 7.68. The number of non-ortho nitro benzene ring substituents is 1. The smallest absolute Gasteiger partial charge is 0.270 e. The van der Waals surface area contributed by atoms with Gasteiger partial charge in [-0.05, 0) is 12.1 Å². The minimum atomic E-state index is -0.530. The number of ketones is 1. The van der Waals surface area contributed by atoms with Crippen LogP contribution in [0.1, 0.15) is 10.4 Å². The molecule has 0 aliphatic rings. The van der Waals surface area contributed by atoms with Crippen molar-refractivity contribution in [1.82, 2.24) is 9.55 Å². The van der Waals surface area contributed by atoms with E-state index in [1.165, 1.54) is 18.2 Å².